The van der Waals surface area contributed by atoms with Gasteiger partial charge in [-0.25, -0.2) is 9.07 Å². The topological polar surface area (TPSA) is 97.3 Å². The minimum Gasteiger partial charge on any atom is -0.497 e. The molecule has 1 atom stereocenters. The Labute approximate surface area is 176 Å². The van der Waals surface area contributed by atoms with Crippen molar-refractivity contribution >= 4 is 0 Å². The first kappa shape index (κ1) is 19.2. The molecular formula is C21H18FN5O4. The van der Waals surface area contributed by atoms with Crippen LogP contribution in [-0.2, 0) is 17.9 Å². The van der Waals surface area contributed by atoms with Gasteiger partial charge in [0.25, 0.3) is 5.89 Å². The quantitative estimate of drug-likeness (QED) is 0.482. The highest BCUT2D eigenvalue weighted by atomic mass is 19.1. The van der Waals surface area contributed by atoms with Gasteiger partial charge >= 0.3 is 0 Å². The molecule has 1 aliphatic heterocycles. The van der Waals surface area contributed by atoms with Crippen LogP contribution in [0.15, 0.2) is 47.0 Å². The van der Waals surface area contributed by atoms with Crippen molar-refractivity contribution in [1.82, 2.24) is 25.1 Å². The molecule has 0 amide bonds. The fourth-order valence-electron chi connectivity index (χ4n) is 3.44. The van der Waals surface area contributed by atoms with Crippen molar-refractivity contribution in [3.63, 3.8) is 0 Å². The van der Waals surface area contributed by atoms with Gasteiger partial charge in [-0.05, 0) is 35.9 Å². The van der Waals surface area contributed by atoms with E-state index in [1.165, 1.54) is 19.2 Å². The fraction of sp³-hybridized carbons (Fsp3) is 0.238. The highest BCUT2D eigenvalue weighted by Gasteiger charge is 2.28. The summed E-state index contributed by atoms with van der Waals surface area (Å²) in [6.45, 7) is 0.785. The Balaban J connectivity index is 1.38. The molecule has 1 aliphatic rings. The van der Waals surface area contributed by atoms with Crippen LogP contribution in [0.5, 0.6) is 11.5 Å². The molecule has 0 saturated heterocycles. The normalized spacial score (nSPS) is 15.5. The molecule has 0 saturated carbocycles. The van der Waals surface area contributed by atoms with Gasteiger partial charge in [0.15, 0.2) is 17.3 Å². The van der Waals surface area contributed by atoms with Crippen molar-refractivity contribution in [1.29, 1.82) is 0 Å². The Morgan fingerprint density at radius 1 is 1.10 bits per heavy atom. The summed E-state index contributed by atoms with van der Waals surface area (Å²) in [5.41, 5.74) is 2.66. The van der Waals surface area contributed by atoms with Crippen LogP contribution in [0.4, 0.5) is 4.39 Å². The number of methoxy groups -OCH3 is 2. The Morgan fingerprint density at radius 3 is 2.68 bits per heavy atom. The lowest BCUT2D eigenvalue weighted by Gasteiger charge is -2.24. The summed E-state index contributed by atoms with van der Waals surface area (Å²) in [4.78, 5) is 4.35. The van der Waals surface area contributed by atoms with Crippen LogP contribution < -0.4 is 9.47 Å². The number of hydrogen-bond donors (Lipinski definition) is 0. The third kappa shape index (κ3) is 3.50. The maximum absolute atomic E-state index is 14.0. The third-order valence-corrected chi connectivity index (χ3v) is 5.12. The van der Waals surface area contributed by atoms with Gasteiger partial charge in [0.1, 0.15) is 11.9 Å². The van der Waals surface area contributed by atoms with E-state index in [0.717, 1.165) is 17.0 Å². The predicted molar refractivity (Wildman–Crippen MR) is 106 cm³/mol. The van der Waals surface area contributed by atoms with Crippen LogP contribution in [0, 0.1) is 5.82 Å². The van der Waals surface area contributed by atoms with E-state index < -0.39 is 5.82 Å². The maximum Gasteiger partial charge on any atom is 0.280 e. The second kappa shape index (κ2) is 7.80. The minimum absolute atomic E-state index is 0.142. The van der Waals surface area contributed by atoms with Crippen LogP contribution in [0.25, 0.3) is 23.0 Å². The zero-order valence-electron chi connectivity index (χ0n) is 16.8. The number of ether oxygens (including phenoxy) is 3. The Morgan fingerprint density at radius 2 is 1.94 bits per heavy atom. The molecular weight excluding hydrogens is 405 g/mol. The molecule has 4 aromatic rings. The van der Waals surface area contributed by atoms with Crippen LogP contribution >= 0.6 is 0 Å². The lowest BCUT2D eigenvalue weighted by Crippen LogP contribution is -2.22. The lowest BCUT2D eigenvalue weighted by atomic mass is 10.1. The van der Waals surface area contributed by atoms with E-state index in [2.05, 4.69) is 20.5 Å². The van der Waals surface area contributed by atoms with Crippen molar-refractivity contribution in [3.05, 3.63) is 59.5 Å². The van der Waals surface area contributed by atoms with E-state index in [-0.39, 0.29) is 30.2 Å². The Kier molecular flexibility index (Phi) is 4.83. The van der Waals surface area contributed by atoms with Crippen LogP contribution in [-0.4, -0.2) is 39.4 Å². The molecule has 2 aromatic heterocycles. The molecule has 0 unspecified atom stereocenters. The van der Waals surface area contributed by atoms with Crippen molar-refractivity contribution in [3.8, 4) is 34.5 Å². The molecule has 0 spiro atoms. The van der Waals surface area contributed by atoms with E-state index in [1.807, 2.05) is 24.3 Å². The number of halogens is 1. The van der Waals surface area contributed by atoms with Crippen molar-refractivity contribution < 1.29 is 23.1 Å². The van der Waals surface area contributed by atoms with Gasteiger partial charge in [0.2, 0.25) is 5.82 Å². The van der Waals surface area contributed by atoms with E-state index in [1.54, 1.807) is 17.9 Å². The van der Waals surface area contributed by atoms with Crippen molar-refractivity contribution in [2.45, 2.75) is 19.3 Å². The monoisotopic (exact) mass is 423 g/mol. The van der Waals surface area contributed by atoms with Gasteiger partial charge in [-0.3, -0.25) is 0 Å². The summed E-state index contributed by atoms with van der Waals surface area (Å²) in [5.74, 6) is 0.853. The van der Waals surface area contributed by atoms with Gasteiger partial charge in [-0.15, -0.1) is 5.10 Å². The van der Waals surface area contributed by atoms with E-state index in [4.69, 9.17) is 18.7 Å². The summed E-state index contributed by atoms with van der Waals surface area (Å²) >= 11 is 0. The summed E-state index contributed by atoms with van der Waals surface area (Å²) in [6.07, 6.45) is -0.159. The molecule has 9 nitrogen and oxygen atoms in total. The first-order valence-electron chi connectivity index (χ1n) is 9.52. The maximum atomic E-state index is 14.0. The van der Waals surface area contributed by atoms with Gasteiger partial charge in [0.05, 0.1) is 33.1 Å². The molecule has 31 heavy (non-hydrogen) atoms. The molecule has 0 fully saturated rings. The second-order valence-corrected chi connectivity index (χ2v) is 6.91. The second-order valence-electron chi connectivity index (χ2n) is 6.91. The van der Waals surface area contributed by atoms with E-state index >= 15 is 0 Å². The predicted octanol–water partition coefficient (Wildman–Crippen LogP) is 3.42. The highest BCUT2D eigenvalue weighted by molar-refractivity contribution is 5.59. The third-order valence-electron chi connectivity index (χ3n) is 5.12. The molecule has 5 rings (SSSR count). The first-order chi connectivity index (χ1) is 15.2. The largest absolute Gasteiger partial charge is 0.497 e. The molecule has 0 N–H and O–H groups in total. The molecule has 2 aromatic carbocycles. The average Bonchev–Trinajstić information content (AvgIpc) is 3.46. The number of rotatable bonds is 5. The number of aromatic nitrogens is 5. The number of benzene rings is 2. The summed E-state index contributed by atoms with van der Waals surface area (Å²) in [7, 11) is 3.03. The lowest BCUT2D eigenvalue weighted by molar-refractivity contribution is -0.00119. The SMILES string of the molecule is COc1ccc([C@@H]2Cn3nnc(-c4nc(-c5ccc(OC)c(F)c5)no4)c3CO2)cc1. The minimum atomic E-state index is -0.509. The molecule has 0 aliphatic carbocycles. The van der Waals surface area contributed by atoms with Gasteiger partial charge < -0.3 is 18.7 Å². The average molecular weight is 423 g/mol. The van der Waals surface area contributed by atoms with Crippen molar-refractivity contribution in [2.75, 3.05) is 14.2 Å². The molecule has 158 valence electrons. The Bertz CT molecular complexity index is 1220. The zero-order chi connectivity index (χ0) is 21.4. The van der Waals surface area contributed by atoms with Crippen molar-refractivity contribution in [2.24, 2.45) is 0 Å². The van der Waals surface area contributed by atoms with Gasteiger partial charge in [0, 0.05) is 5.56 Å². The fourth-order valence-corrected chi connectivity index (χ4v) is 3.44. The molecule has 0 radical (unpaired) electrons. The van der Waals surface area contributed by atoms with Gasteiger partial charge in [-0.1, -0.05) is 22.5 Å². The first-order valence-corrected chi connectivity index (χ1v) is 9.52. The Hall–Kier alpha value is -3.79. The summed E-state index contributed by atoms with van der Waals surface area (Å²) in [6, 6.07) is 12.2. The standard InChI is InChI=1S/C21H18FN5O4/c1-28-14-6-3-12(4-7-14)18-10-27-16(11-30-18)19(24-26-27)21-23-20(25-31-21)13-5-8-17(29-2)15(22)9-13/h3-9,18H,10-11H2,1-2H3/t18-/m0/s1. The smallest absolute Gasteiger partial charge is 0.280 e. The van der Waals surface area contributed by atoms with Gasteiger partial charge in [-0.2, -0.15) is 4.98 Å². The zero-order valence-corrected chi connectivity index (χ0v) is 16.8. The number of hydrogen-bond acceptors (Lipinski definition) is 8. The molecule has 3 heterocycles. The number of fused-ring (bicyclic) bond motifs is 1. The highest BCUT2D eigenvalue weighted by Crippen LogP contribution is 2.32. The van der Waals surface area contributed by atoms with Crippen LogP contribution in [0.3, 0.4) is 0 Å². The van der Waals surface area contributed by atoms with Crippen LogP contribution in [0.1, 0.15) is 17.4 Å². The number of nitrogens with zero attached hydrogens (tertiary/aromatic N) is 5. The van der Waals surface area contributed by atoms with Crippen LogP contribution in [0.2, 0.25) is 0 Å². The van der Waals surface area contributed by atoms with E-state index in [0.29, 0.717) is 17.8 Å². The molecule has 10 heteroatoms. The summed E-state index contributed by atoms with van der Waals surface area (Å²) in [5, 5.41) is 12.4. The van der Waals surface area contributed by atoms with E-state index in [9.17, 15) is 4.39 Å². The summed E-state index contributed by atoms with van der Waals surface area (Å²) < 4.78 is 37.3. The molecule has 0 bridgehead atoms.